The lowest BCUT2D eigenvalue weighted by Crippen LogP contribution is -2.52. The minimum Gasteiger partial charge on any atom is -0.391 e. The Labute approximate surface area is 77.9 Å². The molecule has 2 N–H and O–H groups in total. The molecule has 2 heterocycles. The summed E-state index contributed by atoms with van der Waals surface area (Å²) in [5.74, 6) is 0.371. The maximum atomic E-state index is 11.8. The third-order valence-electron chi connectivity index (χ3n) is 2.97. The van der Waals surface area contributed by atoms with Crippen molar-refractivity contribution < 1.29 is 9.90 Å². The second kappa shape index (κ2) is 3.27. The standard InChI is InChI=1S/C9H16N2O2/c1-6-2-8(12)5-11(6)9(13)7-3-10-4-7/h6-8,10,12H,2-5H2,1H3. The zero-order chi connectivity index (χ0) is 9.42. The van der Waals surface area contributed by atoms with Crippen molar-refractivity contribution in [1.29, 1.82) is 0 Å². The number of β-amino-alcohol motifs (C(OH)–C–C–N with tert-alkyl or cyclic N) is 1. The molecule has 0 aliphatic carbocycles. The van der Waals surface area contributed by atoms with Crippen molar-refractivity contribution in [1.82, 2.24) is 10.2 Å². The first-order valence-electron chi connectivity index (χ1n) is 4.87. The average Bonchev–Trinajstić information content (AvgIpc) is 2.26. The first-order valence-corrected chi connectivity index (χ1v) is 4.87. The van der Waals surface area contributed by atoms with Crippen LogP contribution in [0.2, 0.25) is 0 Å². The van der Waals surface area contributed by atoms with Gasteiger partial charge in [0.1, 0.15) is 0 Å². The summed E-state index contributed by atoms with van der Waals surface area (Å²) in [6.07, 6.45) is 0.415. The molecule has 13 heavy (non-hydrogen) atoms. The van der Waals surface area contributed by atoms with Crippen molar-refractivity contribution in [3.63, 3.8) is 0 Å². The van der Waals surface area contributed by atoms with Gasteiger partial charge in [0.25, 0.3) is 0 Å². The van der Waals surface area contributed by atoms with Crippen molar-refractivity contribution in [2.45, 2.75) is 25.5 Å². The van der Waals surface area contributed by atoms with Crippen molar-refractivity contribution in [3.8, 4) is 0 Å². The van der Waals surface area contributed by atoms with Crippen LogP contribution < -0.4 is 5.32 Å². The second-order valence-corrected chi connectivity index (χ2v) is 4.08. The van der Waals surface area contributed by atoms with E-state index in [1.807, 2.05) is 11.8 Å². The quantitative estimate of drug-likeness (QED) is 0.560. The van der Waals surface area contributed by atoms with Crippen molar-refractivity contribution in [3.05, 3.63) is 0 Å². The van der Waals surface area contributed by atoms with Crippen LogP contribution in [0.3, 0.4) is 0 Å². The van der Waals surface area contributed by atoms with Gasteiger partial charge in [0.05, 0.1) is 12.0 Å². The number of hydrogen-bond donors (Lipinski definition) is 2. The Bertz CT molecular complexity index is 216. The van der Waals surface area contributed by atoms with Crippen LogP contribution in [0, 0.1) is 5.92 Å². The summed E-state index contributed by atoms with van der Waals surface area (Å²) in [7, 11) is 0. The van der Waals surface area contributed by atoms with Crippen LogP contribution in [-0.2, 0) is 4.79 Å². The van der Waals surface area contributed by atoms with Gasteiger partial charge in [-0.25, -0.2) is 0 Å². The number of aliphatic hydroxyl groups excluding tert-OH is 1. The Morgan fingerprint density at radius 3 is 2.62 bits per heavy atom. The molecule has 0 aromatic carbocycles. The molecule has 1 amide bonds. The highest BCUT2D eigenvalue weighted by Gasteiger charge is 2.36. The highest BCUT2D eigenvalue weighted by Crippen LogP contribution is 2.20. The predicted molar refractivity (Wildman–Crippen MR) is 48.2 cm³/mol. The molecule has 0 saturated carbocycles. The van der Waals surface area contributed by atoms with E-state index in [2.05, 4.69) is 5.32 Å². The normalized spacial score (nSPS) is 34.8. The Morgan fingerprint density at radius 1 is 1.54 bits per heavy atom. The fraction of sp³-hybridized carbons (Fsp3) is 0.889. The topological polar surface area (TPSA) is 52.6 Å². The lowest BCUT2D eigenvalue weighted by molar-refractivity contribution is -0.137. The molecule has 2 fully saturated rings. The third kappa shape index (κ3) is 1.56. The number of rotatable bonds is 1. The maximum absolute atomic E-state index is 11.8. The van der Waals surface area contributed by atoms with Gasteiger partial charge in [-0.15, -0.1) is 0 Å². The summed E-state index contributed by atoms with van der Waals surface area (Å²) in [5.41, 5.74) is 0. The van der Waals surface area contributed by atoms with Gasteiger partial charge in [-0.2, -0.15) is 0 Å². The van der Waals surface area contributed by atoms with Crippen LogP contribution in [0.5, 0.6) is 0 Å². The fourth-order valence-corrected chi connectivity index (χ4v) is 2.01. The molecule has 2 aliphatic rings. The zero-order valence-corrected chi connectivity index (χ0v) is 7.86. The van der Waals surface area contributed by atoms with Crippen LogP contribution in [0.15, 0.2) is 0 Å². The summed E-state index contributed by atoms with van der Waals surface area (Å²) >= 11 is 0. The zero-order valence-electron chi connectivity index (χ0n) is 7.86. The number of aliphatic hydroxyl groups is 1. The molecule has 4 nitrogen and oxygen atoms in total. The number of carbonyl (C=O) groups is 1. The van der Waals surface area contributed by atoms with E-state index in [0.717, 1.165) is 19.5 Å². The molecule has 2 unspecified atom stereocenters. The number of likely N-dealkylation sites (tertiary alicyclic amines) is 1. The summed E-state index contributed by atoms with van der Waals surface area (Å²) in [6, 6.07) is 0.211. The van der Waals surface area contributed by atoms with Gasteiger partial charge in [-0.05, 0) is 13.3 Å². The van der Waals surface area contributed by atoms with Gasteiger partial charge in [-0.1, -0.05) is 0 Å². The molecule has 0 bridgehead atoms. The van der Waals surface area contributed by atoms with E-state index in [1.165, 1.54) is 0 Å². The molecular formula is C9H16N2O2. The minimum atomic E-state index is -0.313. The molecule has 2 rings (SSSR count). The fourth-order valence-electron chi connectivity index (χ4n) is 2.01. The molecule has 0 radical (unpaired) electrons. The van der Waals surface area contributed by atoms with E-state index in [4.69, 9.17) is 0 Å². The lowest BCUT2D eigenvalue weighted by Gasteiger charge is -2.32. The van der Waals surface area contributed by atoms with Gasteiger partial charge < -0.3 is 15.3 Å². The van der Waals surface area contributed by atoms with E-state index in [-0.39, 0.29) is 24.0 Å². The van der Waals surface area contributed by atoms with Crippen LogP contribution in [-0.4, -0.2) is 47.7 Å². The minimum absolute atomic E-state index is 0.160. The van der Waals surface area contributed by atoms with Crippen molar-refractivity contribution in [2.24, 2.45) is 5.92 Å². The smallest absolute Gasteiger partial charge is 0.228 e. The molecule has 2 aliphatic heterocycles. The molecule has 74 valence electrons. The molecule has 0 aromatic rings. The second-order valence-electron chi connectivity index (χ2n) is 4.08. The summed E-state index contributed by atoms with van der Waals surface area (Å²) in [5, 5.41) is 12.5. The number of nitrogens with zero attached hydrogens (tertiary/aromatic N) is 1. The largest absolute Gasteiger partial charge is 0.391 e. The van der Waals surface area contributed by atoms with Gasteiger partial charge in [0, 0.05) is 25.7 Å². The van der Waals surface area contributed by atoms with Crippen LogP contribution in [0.25, 0.3) is 0 Å². The van der Waals surface area contributed by atoms with E-state index in [0.29, 0.717) is 6.54 Å². The van der Waals surface area contributed by atoms with E-state index in [1.54, 1.807) is 0 Å². The Kier molecular flexibility index (Phi) is 2.26. The molecule has 2 saturated heterocycles. The monoisotopic (exact) mass is 184 g/mol. The molecule has 4 heteroatoms. The third-order valence-corrected chi connectivity index (χ3v) is 2.97. The van der Waals surface area contributed by atoms with Gasteiger partial charge in [0.2, 0.25) is 5.91 Å². The number of carbonyl (C=O) groups excluding carboxylic acids is 1. The van der Waals surface area contributed by atoms with Gasteiger partial charge in [-0.3, -0.25) is 4.79 Å². The van der Waals surface area contributed by atoms with E-state index < -0.39 is 0 Å². The van der Waals surface area contributed by atoms with E-state index >= 15 is 0 Å². The summed E-state index contributed by atoms with van der Waals surface area (Å²) in [6.45, 7) is 4.13. The molecule has 0 aromatic heterocycles. The van der Waals surface area contributed by atoms with Crippen LogP contribution >= 0.6 is 0 Å². The first-order chi connectivity index (χ1) is 6.18. The SMILES string of the molecule is CC1CC(O)CN1C(=O)C1CNC1. The molecule has 0 spiro atoms. The van der Waals surface area contributed by atoms with Gasteiger partial charge in [0.15, 0.2) is 0 Å². The van der Waals surface area contributed by atoms with Crippen molar-refractivity contribution >= 4 is 5.91 Å². The highest BCUT2D eigenvalue weighted by molar-refractivity contribution is 5.80. The average molecular weight is 184 g/mol. The first kappa shape index (κ1) is 8.97. The Balaban J connectivity index is 1.95. The van der Waals surface area contributed by atoms with Crippen LogP contribution in [0.4, 0.5) is 0 Å². The Hall–Kier alpha value is -0.610. The summed E-state index contributed by atoms with van der Waals surface area (Å²) < 4.78 is 0. The predicted octanol–water partition coefficient (Wildman–Crippen LogP) is -0.812. The van der Waals surface area contributed by atoms with E-state index in [9.17, 15) is 9.90 Å². The maximum Gasteiger partial charge on any atom is 0.228 e. The Morgan fingerprint density at radius 2 is 2.23 bits per heavy atom. The number of amides is 1. The number of hydrogen-bond acceptors (Lipinski definition) is 3. The lowest BCUT2D eigenvalue weighted by atomic mass is 10.0. The van der Waals surface area contributed by atoms with Gasteiger partial charge >= 0.3 is 0 Å². The highest BCUT2D eigenvalue weighted by atomic mass is 16.3. The van der Waals surface area contributed by atoms with Crippen LogP contribution in [0.1, 0.15) is 13.3 Å². The number of nitrogens with one attached hydrogen (secondary N) is 1. The molecular weight excluding hydrogens is 168 g/mol. The van der Waals surface area contributed by atoms with Crippen molar-refractivity contribution in [2.75, 3.05) is 19.6 Å². The summed E-state index contributed by atoms with van der Waals surface area (Å²) in [4.78, 5) is 13.6. The molecule has 2 atom stereocenters.